The fourth-order valence-electron chi connectivity index (χ4n) is 1.87. The van der Waals surface area contributed by atoms with E-state index >= 15 is 0 Å². The molecule has 0 aliphatic heterocycles. The van der Waals surface area contributed by atoms with Crippen LogP contribution >= 0.6 is 11.6 Å². The van der Waals surface area contributed by atoms with E-state index in [-0.39, 0.29) is 12.8 Å². The highest BCUT2D eigenvalue weighted by atomic mass is 35.5. The van der Waals surface area contributed by atoms with Crippen molar-refractivity contribution in [1.29, 1.82) is 0 Å². The number of hydrogen-bond donors (Lipinski definition) is 1. The van der Waals surface area contributed by atoms with Crippen LogP contribution in [-0.2, 0) is 11.2 Å². The summed E-state index contributed by atoms with van der Waals surface area (Å²) in [5.41, 5.74) is 1.86. The highest BCUT2D eigenvalue weighted by molar-refractivity contribution is 6.35. The van der Waals surface area contributed by atoms with Crippen molar-refractivity contribution >= 4 is 28.5 Å². The Bertz CT molecular complexity index is 628. The number of fused-ring (bicyclic) bond motifs is 1. The average Bonchev–Trinajstić information content (AvgIpc) is 2.27. The number of nitrogens with zero attached hydrogens (tertiary/aromatic N) is 1. The zero-order valence-corrected chi connectivity index (χ0v) is 10.5. The van der Waals surface area contributed by atoms with Crippen molar-refractivity contribution in [1.82, 2.24) is 4.98 Å². The molecule has 1 heterocycles. The van der Waals surface area contributed by atoms with Crippen LogP contribution in [0.25, 0.3) is 10.9 Å². The summed E-state index contributed by atoms with van der Waals surface area (Å²) in [6.45, 7) is 1.79. The number of hydrogen-bond acceptors (Lipinski definition) is 2. The molecule has 1 aromatic heterocycles. The fourth-order valence-corrected chi connectivity index (χ4v) is 2.17. The lowest BCUT2D eigenvalue weighted by atomic mass is 10.0. The minimum Gasteiger partial charge on any atom is -0.481 e. The van der Waals surface area contributed by atoms with Gasteiger partial charge in [-0.15, -0.1) is 0 Å². The quantitative estimate of drug-likeness (QED) is 0.928. The third-order valence-corrected chi connectivity index (χ3v) is 2.96. The van der Waals surface area contributed by atoms with Gasteiger partial charge in [-0.1, -0.05) is 11.6 Å². The second kappa shape index (κ2) is 4.90. The fraction of sp³-hybridized carbons (Fsp3) is 0.231. The van der Waals surface area contributed by atoms with Crippen molar-refractivity contribution < 1.29 is 14.3 Å². The normalized spacial score (nSPS) is 10.8. The predicted octanol–water partition coefficient (Wildman–Crippen LogP) is 3.35. The number of carbonyl (C=O) groups is 1. The number of aliphatic carboxylic acids is 1. The first-order valence-corrected chi connectivity index (χ1v) is 5.82. The Morgan fingerprint density at radius 1 is 1.44 bits per heavy atom. The van der Waals surface area contributed by atoms with E-state index in [0.29, 0.717) is 21.5 Å². The first-order valence-electron chi connectivity index (χ1n) is 5.44. The molecule has 1 aromatic carbocycles. The van der Waals surface area contributed by atoms with Crippen molar-refractivity contribution in [3.05, 3.63) is 40.3 Å². The molecule has 5 heteroatoms. The lowest BCUT2D eigenvalue weighted by Crippen LogP contribution is -2.00. The summed E-state index contributed by atoms with van der Waals surface area (Å²) in [4.78, 5) is 14.9. The van der Waals surface area contributed by atoms with Gasteiger partial charge in [0.05, 0.1) is 10.5 Å². The molecular formula is C13H11ClFNO2. The number of carboxylic acids is 1. The molecule has 0 radical (unpaired) electrons. The Labute approximate surface area is 108 Å². The molecule has 18 heavy (non-hydrogen) atoms. The molecule has 0 aliphatic carbocycles. The second-order valence-corrected chi connectivity index (χ2v) is 4.51. The number of halogens is 2. The van der Waals surface area contributed by atoms with Crippen LogP contribution in [0.1, 0.15) is 17.7 Å². The zero-order chi connectivity index (χ0) is 13.3. The minimum atomic E-state index is -0.925. The Balaban J connectivity index is 2.60. The SMILES string of the molecule is Cc1cc(Cl)c2cc(F)cc(CCC(=O)O)c2n1. The second-order valence-electron chi connectivity index (χ2n) is 4.10. The first kappa shape index (κ1) is 12.8. The third kappa shape index (κ3) is 2.59. The van der Waals surface area contributed by atoms with Crippen LogP contribution in [0, 0.1) is 12.7 Å². The lowest BCUT2D eigenvalue weighted by molar-refractivity contribution is -0.136. The lowest BCUT2D eigenvalue weighted by Gasteiger charge is -2.08. The van der Waals surface area contributed by atoms with Crippen molar-refractivity contribution in [2.24, 2.45) is 0 Å². The predicted molar refractivity (Wildman–Crippen MR) is 67.4 cm³/mol. The Morgan fingerprint density at radius 3 is 2.83 bits per heavy atom. The molecule has 0 fully saturated rings. The zero-order valence-electron chi connectivity index (χ0n) is 9.70. The molecule has 3 nitrogen and oxygen atoms in total. The van der Waals surface area contributed by atoms with Gasteiger partial charge in [-0.3, -0.25) is 9.78 Å². The molecule has 94 valence electrons. The summed E-state index contributed by atoms with van der Waals surface area (Å²) >= 11 is 6.05. The summed E-state index contributed by atoms with van der Waals surface area (Å²) < 4.78 is 13.5. The molecule has 1 N–H and O–H groups in total. The van der Waals surface area contributed by atoms with Gasteiger partial charge in [0.15, 0.2) is 0 Å². The monoisotopic (exact) mass is 267 g/mol. The van der Waals surface area contributed by atoms with E-state index in [1.54, 1.807) is 13.0 Å². The highest BCUT2D eigenvalue weighted by Crippen LogP contribution is 2.27. The summed E-state index contributed by atoms with van der Waals surface area (Å²) in [5.74, 6) is -1.36. The van der Waals surface area contributed by atoms with E-state index in [4.69, 9.17) is 16.7 Å². The molecule has 2 aromatic rings. The molecule has 0 saturated heterocycles. The van der Waals surface area contributed by atoms with E-state index in [1.807, 2.05) is 0 Å². The van der Waals surface area contributed by atoms with E-state index in [2.05, 4.69) is 4.98 Å². The summed E-state index contributed by atoms with van der Waals surface area (Å²) in [7, 11) is 0. The number of aromatic nitrogens is 1. The topological polar surface area (TPSA) is 50.2 Å². The van der Waals surface area contributed by atoms with Crippen molar-refractivity contribution in [2.75, 3.05) is 0 Å². The molecule has 0 saturated carbocycles. The molecule has 2 rings (SSSR count). The van der Waals surface area contributed by atoms with Gasteiger partial charge in [0.25, 0.3) is 0 Å². The average molecular weight is 268 g/mol. The van der Waals surface area contributed by atoms with E-state index in [0.717, 1.165) is 5.69 Å². The van der Waals surface area contributed by atoms with Gasteiger partial charge in [0.2, 0.25) is 0 Å². The summed E-state index contributed by atoms with van der Waals surface area (Å²) in [6.07, 6.45) is 0.169. The summed E-state index contributed by atoms with van der Waals surface area (Å²) in [5, 5.41) is 9.63. The van der Waals surface area contributed by atoms with E-state index < -0.39 is 11.8 Å². The number of rotatable bonds is 3. The Morgan fingerprint density at radius 2 is 2.17 bits per heavy atom. The molecule has 0 atom stereocenters. The number of benzene rings is 1. The van der Waals surface area contributed by atoms with Crippen LogP contribution in [0.4, 0.5) is 4.39 Å². The molecule has 0 bridgehead atoms. The maximum Gasteiger partial charge on any atom is 0.303 e. The van der Waals surface area contributed by atoms with Crippen molar-refractivity contribution in [3.8, 4) is 0 Å². The van der Waals surface area contributed by atoms with Gasteiger partial charge < -0.3 is 5.11 Å². The Hall–Kier alpha value is -1.68. The highest BCUT2D eigenvalue weighted by Gasteiger charge is 2.11. The van der Waals surface area contributed by atoms with Gasteiger partial charge in [-0.2, -0.15) is 0 Å². The van der Waals surface area contributed by atoms with Crippen LogP contribution in [-0.4, -0.2) is 16.1 Å². The molecule has 0 aliphatic rings. The first-order chi connectivity index (χ1) is 8.47. The minimum absolute atomic E-state index is 0.0637. The van der Waals surface area contributed by atoms with Gasteiger partial charge in [0.1, 0.15) is 5.82 Å². The van der Waals surface area contributed by atoms with Gasteiger partial charge in [0, 0.05) is 17.5 Å². The van der Waals surface area contributed by atoms with Crippen LogP contribution in [0.5, 0.6) is 0 Å². The van der Waals surface area contributed by atoms with Crippen molar-refractivity contribution in [3.63, 3.8) is 0 Å². The molecule has 0 unspecified atom stereocenters. The van der Waals surface area contributed by atoms with E-state index in [1.165, 1.54) is 12.1 Å². The molecular weight excluding hydrogens is 257 g/mol. The maximum atomic E-state index is 13.5. The molecule has 0 amide bonds. The van der Waals surface area contributed by atoms with Crippen LogP contribution in [0.3, 0.4) is 0 Å². The van der Waals surface area contributed by atoms with Gasteiger partial charge in [-0.05, 0) is 37.1 Å². The third-order valence-electron chi connectivity index (χ3n) is 2.64. The Kier molecular flexibility index (Phi) is 3.48. The van der Waals surface area contributed by atoms with Crippen molar-refractivity contribution in [2.45, 2.75) is 19.8 Å². The standard InChI is InChI=1S/C13H11ClFNO2/c1-7-4-11(14)10-6-9(15)5-8(13(10)16-7)2-3-12(17)18/h4-6H,2-3H2,1H3,(H,17,18). The number of pyridine rings is 1. The maximum absolute atomic E-state index is 13.5. The van der Waals surface area contributed by atoms with Crippen LogP contribution < -0.4 is 0 Å². The largest absolute Gasteiger partial charge is 0.481 e. The van der Waals surface area contributed by atoms with Crippen LogP contribution in [0.15, 0.2) is 18.2 Å². The van der Waals surface area contributed by atoms with Gasteiger partial charge >= 0.3 is 5.97 Å². The smallest absolute Gasteiger partial charge is 0.303 e. The number of aryl methyl sites for hydroxylation is 2. The van der Waals surface area contributed by atoms with E-state index in [9.17, 15) is 9.18 Å². The molecule has 0 spiro atoms. The van der Waals surface area contributed by atoms with Crippen LogP contribution in [0.2, 0.25) is 5.02 Å². The number of carboxylic acid groups (broad SMARTS) is 1. The van der Waals surface area contributed by atoms with Gasteiger partial charge in [-0.25, -0.2) is 4.39 Å². The summed E-state index contributed by atoms with van der Waals surface area (Å²) in [6, 6.07) is 4.28.